The first-order chi connectivity index (χ1) is 11.9. The van der Waals surface area contributed by atoms with Crippen LogP contribution in [0.5, 0.6) is 0 Å². The van der Waals surface area contributed by atoms with Gasteiger partial charge in [0, 0.05) is 16.2 Å². The van der Waals surface area contributed by atoms with Crippen LogP contribution in [0.1, 0.15) is 44.6 Å². The molecule has 0 radical (unpaired) electrons. The summed E-state index contributed by atoms with van der Waals surface area (Å²) in [6.07, 6.45) is 5.75. The van der Waals surface area contributed by atoms with Crippen LogP contribution in [-0.2, 0) is 9.59 Å². The van der Waals surface area contributed by atoms with Gasteiger partial charge in [-0.3, -0.25) is 14.5 Å². The highest BCUT2D eigenvalue weighted by Gasteiger charge is 2.23. The van der Waals surface area contributed by atoms with Crippen LogP contribution in [0, 0.1) is 6.92 Å². The number of anilines is 1. The Morgan fingerprint density at radius 1 is 1.28 bits per heavy atom. The van der Waals surface area contributed by atoms with Crippen LogP contribution in [0.3, 0.4) is 0 Å². The second kappa shape index (κ2) is 9.34. The number of rotatable bonds is 6. The van der Waals surface area contributed by atoms with E-state index in [0.29, 0.717) is 0 Å². The molecule has 5 nitrogen and oxygen atoms in total. The molecule has 1 aromatic carbocycles. The Balaban J connectivity index is 1.83. The minimum absolute atomic E-state index is 0.00187. The second-order valence-electron chi connectivity index (χ2n) is 6.94. The van der Waals surface area contributed by atoms with Gasteiger partial charge < -0.3 is 10.6 Å². The van der Waals surface area contributed by atoms with Crippen molar-refractivity contribution in [3.05, 3.63) is 28.2 Å². The van der Waals surface area contributed by atoms with Crippen LogP contribution >= 0.6 is 15.9 Å². The normalized spacial score (nSPS) is 16.5. The van der Waals surface area contributed by atoms with Crippen molar-refractivity contribution in [3.8, 4) is 0 Å². The first kappa shape index (κ1) is 19.9. The van der Waals surface area contributed by atoms with Crippen molar-refractivity contribution in [2.75, 3.05) is 18.9 Å². The number of carbonyl (C=O) groups is 2. The zero-order valence-corrected chi connectivity index (χ0v) is 16.9. The summed E-state index contributed by atoms with van der Waals surface area (Å²) in [5.74, 6) is -0.118. The van der Waals surface area contributed by atoms with Crippen molar-refractivity contribution in [1.82, 2.24) is 10.2 Å². The highest BCUT2D eigenvalue weighted by molar-refractivity contribution is 9.10. The van der Waals surface area contributed by atoms with Crippen molar-refractivity contribution in [1.29, 1.82) is 0 Å². The van der Waals surface area contributed by atoms with Gasteiger partial charge in [-0.2, -0.15) is 0 Å². The van der Waals surface area contributed by atoms with Gasteiger partial charge in [0.25, 0.3) is 0 Å². The Labute approximate surface area is 158 Å². The number of aryl methyl sites for hydroxylation is 1. The smallest absolute Gasteiger partial charge is 0.238 e. The van der Waals surface area contributed by atoms with Crippen molar-refractivity contribution in [3.63, 3.8) is 0 Å². The highest BCUT2D eigenvalue weighted by atomic mass is 79.9. The third-order valence-electron chi connectivity index (χ3n) is 4.85. The van der Waals surface area contributed by atoms with E-state index in [-0.39, 0.29) is 30.4 Å². The van der Waals surface area contributed by atoms with Gasteiger partial charge in [-0.1, -0.05) is 35.2 Å². The van der Waals surface area contributed by atoms with Gasteiger partial charge in [0.1, 0.15) is 0 Å². The van der Waals surface area contributed by atoms with Crippen LogP contribution in [0.2, 0.25) is 0 Å². The summed E-state index contributed by atoms with van der Waals surface area (Å²) in [5.41, 5.74) is 1.79. The van der Waals surface area contributed by atoms with E-state index in [0.717, 1.165) is 28.6 Å². The molecular weight excluding hydrogens is 382 g/mol. The lowest BCUT2D eigenvalue weighted by atomic mass is 9.95. The molecule has 1 aliphatic carbocycles. The van der Waals surface area contributed by atoms with Gasteiger partial charge in [-0.15, -0.1) is 0 Å². The monoisotopic (exact) mass is 409 g/mol. The molecule has 2 rings (SSSR count). The van der Waals surface area contributed by atoms with Crippen molar-refractivity contribution < 1.29 is 9.59 Å². The summed E-state index contributed by atoms with van der Waals surface area (Å²) in [6.45, 7) is 3.97. The average Bonchev–Trinajstić information content (AvgIpc) is 2.57. The minimum Gasteiger partial charge on any atom is -0.352 e. The van der Waals surface area contributed by atoms with Crippen molar-refractivity contribution >= 4 is 33.4 Å². The summed E-state index contributed by atoms with van der Waals surface area (Å²) < 4.78 is 0.980. The Kier molecular flexibility index (Phi) is 7.44. The molecule has 0 bridgehead atoms. The molecule has 1 unspecified atom stereocenters. The molecule has 1 aliphatic rings. The molecule has 6 heteroatoms. The Morgan fingerprint density at radius 3 is 2.60 bits per heavy atom. The molecule has 138 valence electrons. The number of nitrogens with one attached hydrogen (secondary N) is 2. The molecule has 0 aromatic heterocycles. The van der Waals surface area contributed by atoms with Gasteiger partial charge in [-0.25, -0.2) is 0 Å². The quantitative estimate of drug-likeness (QED) is 0.755. The van der Waals surface area contributed by atoms with Crippen LogP contribution in [0.25, 0.3) is 0 Å². The van der Waals surface area contributed by atoms with E-state index in [9.17, 15) is 9.59 Å². The molecule has 1 saturated carbocycles. The molecule has 0 spiro atoms. The second-order valence-corrected chi connectivity index (χ2v) is 7.86. The van der Waals surface area contributed by atoms with Gasteiger partial charge in [0.15, 0.2) is 0 Å². The molecule has 25 heavy (non-hydrogen) atoms. The van der Waals surface area contributed by atoms with Gasteiger partial charge >= 0.3 is 0 Å². The van der Waals surface area contributed by atoms with Gasteiger partial charge in [0.05, 0.1) is 12.6 Å². The SMILES string of the molecule is Cc1cc(Br)ccc1NC(=O)CN(C)C(C)C(=O)NC1CCCCC1. The lowest BCUT2D eigenvalue weighted by Crippen LogP contribution is -2.49. The van der Waals surface area contributed by atoms with Crippen LogP contribution in [0.4, 0.5) is 5.69 Å². The fourth-order valence-electron chi connectivity index (χ4n) is 3.09. The Bertz CT molecular complexity index is 615. The molecule has 1 aromatic rings. The topological polar surface area (TPSA) is 61.4 Å². The number of likely N-dealkylation sites (N-methyl/N-ethyl adjacent to an activating group) is 1. The van der Waals surface area contributed by atoms with Crippen LogP contribution in [-0.4, -0.2) is 42.4 Å². The fraction of sp³-hybridized carbons (Fsp3) is 0.579. The van der Waals surface area contributed by atoms with E-state index in [1.807, 2.05) is 32.0 Å². The molecule has 2 amide bonds. The number of hydrogen-bond acceptors (Lipinski definition) is 3. The van der Waals surface area contributed by atoms with Crippen molar-refractivity contribution in [2.24, 2.45) is 0 Å². The zero-order chi connectivity index (χ0) is 18.4. The Morgan fingerprint density at radius 2 is 1.96 bits per heavy atom. The van der Waals surface area contributed by atoms with E-state index >= 15 is 0 Å². The lowest BCUT2D eigenvalue weighted by molar-refractivity contribution is -0.127. The van der Waals surface area contributed by atoms with E-state index < -0.39 is 0 Å². The Hall–Kier alpha value is -1.40. The molecule has 1 fully saturated rings. The maximum absolute atomic E-state index is 12.4. The van der Waals surface area contributed by atoms with Crippen LogP contribution < -0.4 is 10.6 Å². The predicted octanol–water partition coefficient (Wildman–Crippen LogP) is 3.47. The van der Waals surface area contributed by atoms with E-state index in [1.54, 1.807) is 11.9 Å². The molecular formula is C19H28BrN3O2. The molecule has 2 N–H and O–H groups in total. The predicted molar refractivity (Wildman–Crippen MR) is 105 cm³/mol. The molecule has 0 heterocycles. The van der Waals surface area contributed by atoms with E-state index in [4.69, 9.17) is 0 Å². The highest BCUT2D eigenvalue weighted by Crippen LogP contribution is 2.20. The van der Waals surface area contributed by atoms with E-state index in [2.05, 4.69) is 26.6 Å². The average molecular weight is 410 g/mol. The van der Waals surface area contributed by atoms with Gasteiger partial charge in [-0.05, 0) is 57.5 Å². The summed E-state index contributed by atoms with van der Waals surface area (Å²) in [4.78, 5) is 26.5. The number of benzene rings is 1. The van der Waals surface area contributed by atoms with Crippen molar-refractivity contribution in [2.45, 2.75) is 58.0 Å². The zero-order valence-electron chi connectivity index (χ0n) is 15.3. The maximum atomic E-state index is 12.4. The summed E-state index contributed by atoms with van der Waals surface area (Å²) in [6, 6.07) is 5.68. The first-order valence-corrected chi connectivity index (χ1v) is 9.72. The standard InChI is InChI=1S/C19H28BrN3O2/c1-13-11-15(20)9-10-17(13)22-18(24)12-23(3)14(2)19(25)21-16-7-5-4-6-8-16/h9-11,14,16H,4-8,12H2,1-3H3,(H,21,25)(H,22,24). The van der Waals surface area contributed by atoms with Crippen LogP contribution in [0.15, 0.2) is 22.7 Å². The number of nitrogens with zero attached hydrogens (tertiary/aromatic N) is 1. The summed E-state index contributed by atoms with van der Waals surface area (Å²) >= 11 is 3.41. The molecule has 0 aliphatic heterocycles. The summed E-state index contributed by atoms with van der Waals surface area (Å²) in [7, 11) is 1.80. The largest absolute Gasteiger partial charge is 0.352 e. The number of carbonyl (C=O) groups excluding carboxylic acids is 2. The molecule has 0 saturated heterocycles. The number of hydrogen-bond donors (Lipinski definition) is 2. The summed E-state index contributed by atoms with van der Waals surface area (Å²) in [5, 5.41) is 6.03. The molecule has 1 atom stereocenters. The minimum atomic E-state index is -0.335. The lowest BCUT2D eigenvalue weighted by Gasteiger charge is -2.28. The van der Waals surface area contributed by atoms with E-state index in [1.165, 1.54) is 19.3 Å². The first-order valence-electron chi connectivity index (χ1n) is 8.93. The number of amides is 2. The fourth-order valence-corrected chi connectivity index (χ4v) is 3.56. The number of halogens is 1. The third kappa shape index (κ3) is 6.12. The third-order valence-corrected chi connectivity index (χ3v) is 5.34. The van der Waals surface area contributed by atoms with Gasteiger partial charge in [0.2, 0.25) is 11.8 Å². The maximum Gasteiger partial charge on any atom is 0.238 e.